The Morgan fingerprint density at radius 1 is 1.30 bits per heavy atom. The van der Waals surface area contributed by atoms with Crippen molar-refractivity contribution in [1.82, 2.24) is 15.1 Å². The molecule has 1 saturated heterocycles. The molecule has 0 bridgehead atoms. The van der Waals surface area contributed by atoms with E-state index in [1.165, 1.54) is 16.8 Å². The van der Waals surface area contributed by atoms with Gasteiger partial charge in [0, 0.05) is 44.9 Å². The second-order valence-electron chi connectivity index (χ2n) is 8.03. The van der Waals surface area contributed by atoms with E-state index >= 15 is 0 Å². The molecule has 4 rings (SSSR count). The van der Waals surface area contributed by atoms with Gasteiger partial charge in [0.1, 0.15) is 12.0 Å². The van der Waals surface area contributed by atoms with Crippen molar-refractivity contribution in [2.45, 2.75) is 38.5 Å². The van der Waals surface area contributed by atoms with Gasteiger partial charge in [0.15, 0.2) is 0 Å². The largest absolute Gasteiger partial charge is 0.435 e. The summed E-state index contributed by atoms with van der Waals surface area (Å²) in [5, 5.41) is 18.4. The van der Waals surface area contributed by atoms with E-state index in [4.69, 9.17) is 0 Å². The van der Waals surface area contributed by atoms with Gasteiger partial charge in [-0.1, -0.05) is 13.0 Å². The molecule has 10 heteroatoms. The lowest BCUT2D eigenvalue weighted by Crippen LogP contribution is -2.58. The topological polar surface area (TPSA) is 93.4 Å². The van der Waals surface area contributed by atoms with Crippen LogP contribution in [-0.4, -0.2) is 56.1 Å². The van der Waals surface area contributed by atoms with Crippen LogP contribution in [0, 0.1) is 0 Å². The van der Waals surface area contributed by atoms with Gasteiger partial charge in [-0.05, 0) is 50.7 Å². The lowest BCUT2D eigenvalue weighted by molar-refractivity contribution is -0.0498. The molecular formula is C23H27F2N3O4S. The minimum Gasteiger partial charge on any atom is -0.435 e. The summed E-state index contributed by atoms with van der Waals surface area (Å²) in [7, 11) is 1.39. The van der Waals surface area contributed by atoms with E-state index in [1.54, 1.807) is 30.3 Å². The first-order valence-corrected chi connectivity index (χ1v) is 11.9. The minimum absolute atomic E-state index is 0.0123. The first-order valence-electron chi connectivity index (χ1n) is 10.4. The van der Waals surface area contributed by atoms with Crippen LogP contribution in [-0.2, 0) is 10.8 Å². The number of benzene rings is 2. The summed E-state index contributed by atoms with van der Waals surface area (Å²) in [5.41, 5.74) is 2.25. The molecule has 0 radical (unpaired) electrons. The Morgan fingerprint density at radius 3 is 2.58 bits per heavy atom. The smallest absolute Gasteiger partial charge is 0.387 e. The summed E-state index contributed by atoms with van der Waals surface area (Å²) < 4.78 is 41.4. The molecule has 0 saturated carbocycles. The van der Waals surface area contributed by atoms with Crippen LogP contribution in [0.25, 0.3) is 16.6 Å². The van der Waals surface area contributed by atoms with Crippen LogP contribution >= 0.6 is 0 Å². The van der Waals surface area contributed by atoms with Gasteiger partial charge in [-0.15, -0.1) is 0 Å². The fraction of sp³-hybridized carbons (Fsp3) is 0.391. The van der Waals surface area contributed by atoms with Gasteiger partial charge in [0.2, 0.25) is 0 Å². The molecule has 0 amide bonds. The Morgan fingerprint density at radius 2 is 2.03 bits per heavy atom. The molecule has 2 N–H and O–H groups in total. The number of aromatic nitrogens is 2. The Labute approximate surface area is 193 Å². The van der Waals surface area contributed by atoms with Crippen LogP contribution in [0.15, 0.2) is 42.5 Å². The number of fused-ring (bicyclic) bond motifs is 1. The molecule has 2 aromatic carbocycles. The number of ether oxygens (including phenoxy) is 1. The van der Waals surface area contributed by atoms with E-state index in [2.05, 4.69) is 22.1 Å². The number of halogens is 2. The average Bonchev–Trinajstić information content (AvgIpc) is 3.16. The van der Waals surface area contributed by atoms with E-state index < -0.39 is 23.5 Å². The summed E-state index contributed by atoms with van der Waals surface area (Å²) >= 11 is 0. The molecule has 1 unspecified atom stereocenters. The third-order valence-electron chi connectivity index (χ3n) is 5.42. The van der Waals surface area contributed by atoms with Crippen molar-refractivity contribution in [3.63, 3.8) is 0 Å². The minimum atomic E-state index is -2.92. The molecule has 178 valence electrons. The van der Waals surface area contributed by atoms with Gasteiger partial charge >= 0.3 is 6.61 Å². The van der Waals surface area contributed by atoms with Crippen LogP contribution in [0.5, 0.6) is 5.75 Å². The molecule has 1 aromatic heterocycles. The molecule has 1 fully saturated rings. The fourth-order valence-corrected chi connectivity index (χ4v) is 5.10. The molecule has 2 heterocycles. The lowest BCUT2D eigenvalue weighted by Gasteiger charge is -2.36. The van der Waals surface area contributed by atoms with Gasteiger partial charge in [-0.3, -0.25) is 9.00 Å². The van der Waals surface area contributed by atoms with E-state index in [0.29, 0.717) is 34.3 Å². The second-order valence-corrected chi connectivity index (χ2v) is 9.49. The highest BCUT2D eigenvalue weighted by atomic mass is 32.2. The van der Waals surface area contributed by atoms with E-state index in [0.717, 1.165) is 17.8 Å². The van der Waals surface area contributed by atoms with E-state index in [1.807, 2.05) is 14.0 Å². The first-order chi connectivity index (χ1) is 15.7. The maximum absolute atomic E-state index is 12.4. The summed E-state index contributed by atoms with van der Waals surface area (Å²) in [6.45, 7) is 0.988. The highest BCUT2D eigenvalue weighted by Crippen LogP contribution is 2.29. The predicted molar refractivity (Wildman–Crippen MR) is 124 cm³/mol. The quantitative estimate of drug-likeness (QED) is 0.503. The number of hydrogen-bond donors (Lipinski definition) is 2. The zero-order valence-electron chi connectivity index (χ0n) is 18.6. The summed E-state index contributed by atoms with van der Waals surface area (Å²) in [5.74, 6) is 1.66. The molecule has 7 nitrogen and oxygen atoms in total. The SMILES string of the molecule is CCC(O)c1nn(-c2cccc(OC(F)F)c2)c2ccc(C=O)cc12.CNC1(C)CS(=O)C1. The molecule has 0 spiro atoms. The van der Waals surface area contributed by atoms with Crippen molar-refractivity contribution in [3.05, 3.63) is 53.7 Å². The number of hydrogen-bond acceptors (Lipinski definition) is 6. The predicted octanol–water partition coefficient (Wildman–Crippen LogP) is 3.61. The number of aliphatic hydroxyl groups is 1. The number of nitrogens with zero attached hydrogens (tertiary/aromatic N) is 2. The second kappa shape index (κ2) is 10.5. The summed E-state index contributed by atoms with van der Waals surface area (Å²) in [6, 6.07) is 11.1. The third kappa shape index (κ3) is 5.82. The summed E-state index contributed by atoms with van der Waals surface area (Å²) in [6.07, 6.45) is 0.369. The maximum Gasteiger partial charge on any atom is 0.387 e. The molecule has 1 aliphatic rings. The third-order valence-corrected chi connectivity index (χ3v) is 7.34. The van der Waals surface area contributed by atoms with Gasteiger partial charge in [0.25, 0.3) is 0 Å². The van der Waals surface area contributed by atoms with Crippen molar-refractivity contribution in [3.8, 4) is 11.4 Å². The van der Waals surface area contributed by atoms with Crippen LogP contribution in [0.2, 0.25) is 0 Å². The fourth-order valence-electron chi connectivity index (χ4n) is 3.47. The number of aldehydes is 1. The molecular weight excluding hydrogens is 452 g/mol. The van der Waals surface area contributed by atoms with Gasteiger partial charge in [-0.25, -0.2) is 4.68 Å². The molecule has 1 atom stereocenters. The van der Waals surface area contributed by atoms with Crippen LogP contribution in [0.4, 0.5) is 8.78 Å². The van der Waals surface area contributed by atoms with E-state index in [-0.39, 0.29) is 11.3 Å². The van der Waals surface area contributed by atoms with Gasteiger partial charge in [0.05, 0.1) is 23.0 Å². The highest BCUT2D eigenvalue weighted by molar-refractivity contribution is 7.86. The van der Waals surface area contributed by atoms with Crippen molar-refractivity contribution >= 4 is 28.0 Å². The first kappa shape index (κ1) is 24.9. The Balaban J connectivity index is 0.000000323. The zero-order chi connectivity index (χ0) is 24.2. The van der Waals surface area contributed by atoms with Crippen molar-refractivity contribution in [2.24, 2.45) is 0 Å². The number of aliphatic hydroxyl groups excluding tert-OH is 1. The number of alkyl halides is 2. The lowest BCUT2D eigenvalue weighted by atomic mass is 10.1. The molecule has 0 aliphatic carbocycles. The van der Waals surface area contributed by atoms with Crippen molar-refractivity contribution in [1.29, 1.82) is 0 Å². The Hall–Kier alpha value is -2.69. The van der Waals surface area contributed by atoms with Gasteiger partial charge < -0.3 is 15.2 Å². The van der Waals surface area contributed by atoms with Crippen LogP contribution < -0.4 is 10.1 Å². The van der Waals surface area contributed by atoms with Crippen molar-refractivity contribution in [2.75, 3.05) is 18.6 Å². The zero-order valence-corrected chi connectivity index (χ0v) is 19.4. The number of nitrogens with one attached hydrogen (secondary N) is 1. The van der Waals surface area contributed by atoms with Crippen LogP contribution in [0.3, 0.4) is 0 Å². The number of carbonyl (C=O) groups excluding carboxylic acids is 1. The molecule has 3 aromatic rings. The molecule has 1 aliphatic heterocycles. The van der Waals surface area contributed by atoms with E-state index in [9.17, 15) is 22.9 Å². The summed E-state index contributed by atoms with van der Waals surface area (Å²) in [4.78, 5) is 11.0. The number of carbonyl (C=O) groups is 1. The average molecular weight is 480 g/mol. The standard InChI is InChI=1S/C18H16F2N2O3.C5H11NOS/c1-2-16(24)17-14-8-11(10-23)6-7-15(14)22(21-17)12-4-3-5-13(9-12)25-18(19)20;1-5(6-2)3-8(7)4-5/h3-10,16,18,24H,2H2,1H3;6H,3-4H2,1-2H3. The Kier molecular flexibility index (Phi) is 7.93. The van der Waals surface area contributed by atoms with Crippen molar-refractivity contribution < 1.29 is 27.6 Å². The Bertz CT molecular complexity index is 1140. The van der Waals surface area contributed by atoms with Gasteiger partial charge in [-0.2, -0.15) is 13.9 Å². The normalized spacial score (nSPS) is 20.6. The monoisotopic (exact) mass is 479 g/mol. The van der Waals surface area contributed by atoms with Crippen LogP contribution in [0.1, 0.15) is 42.4 Å². The highest BCUT2D eigenvalue weighted by Gasteiger charge is 2.36. The maximum atomic E-state index is 12.4. The molecule has 33 heavy (non-hydrogen) atoms. The number of rotatable bonds is 7.